The third kappa shape index (κ3) is 3.43. The van der Waals surface area contributed by atoms with Crippen molar-refractivity contribution in [3.8, 4) is 5.69 Å². The number of rotatable bonds is 5. The lowest BCUT2D eigenvalue weighted by Gasteiger charge is -2.18. The number of tetrazole rings is 1. The van der Waals surface area contributed by atoms with Crippen LogP contribution in [0, 0.1) is 18.8 Å². The van der Waals surface area contributed by atoms with Crippen molar-refractivity contribution in [3.63, 3.8) is 0 Å². The molecule has 1 aromatic carbocycles. The highest BCUT2D eigenvalue weighted by Gasteiger charge is 2.20. The van der Waals surface area contributed by atoms with E-state index in [9.17, 15) is 4.79 Å². The Morgan fingerprint density at radius 1 is 1.43 bits per heavy atom. The lowest BCUT2D eigenvalue weighted by atomic mass is 9.95. The maximum absolute atomic E-state index is 12.2. The van der Waals surface area contributed by atoms with Gasteiger partial charge in [-0.3, -0.25) is 4.79 Å². The number of carbonyl (C=O) groups excluding carboxylic acids is 1. The van der Waals surface area contributed by atoms with Gasteiger partial charge >= 0.3 is 0 Å². The molecule has 1 aromatic heterocycles. The van der Waals surface area contributed by atoms with Crippen molar-refractivity contribution in [1.82, 2.24) is 20.2 Å². The van der Waals surface area contributed by atoms with Crippen molar-refractivity contribution in [3.05, 3.63) is 30.1 Å². The van der Waals surface area contributed by atoms with Crippen LogP contribution in [0.3, 0.4) is 0 Å². The van der Waals surface area contributed by atoms with Crippen LogP contribution in [0.2, 0.25) is 0 Å². The molecule has 0 aliphatic carbocycles. The maximum atomic E-state index is 12.2. The Balaban J connectivity index is 2.16. The van der Waals surface area contributed by atoms with Crippen molar-refractivity contribution in [2.75, 3.05) is 11.9 Å². The number of benzene rings is 1. The SMILES string of the molecule is Cc1cc(NC(=O)C(CN)C(C)C)ccc1-n1cnnn1. The molecular formula is C14H20N6O. The molecule has 2 rings (SSSR count). The van der Waals surface area contributed by atoms with Gasteiger partial charge in [0.05, 0.1) is 11.6 Å². The van der Waals surface area contributed by atoms with Crippen LogP contribution < -0.4 is 11.1 Å². The number of carbonyl (C=O) groups is 1. The molecular weight excluding hydrogens is 268 g/mol. The second kappa shape index (κ2) is 6.45. The Bertz CT molecular complexity index is 608. The third-order valence-corrected chi connectivity index (χ3v) is 3.46. The molecule has 21 heavy (non-hydrogen) atoms. The molecule has 0 aliphatic rings. The summed E-state index contributed by atoms with van der Waals surface area (Å²) in [6.45, 7) is 6.26. The summed E-state index contributed by atoms with van der Waals surface area (Å²) in [5, 5.41) is 14.0. The van der Waals surface area contributed by atoms with E-state index in [2.05, 4.69) is 20.8 Å². The molecule has 1 atom stereocenters. The molecule has 0 saturated carbocycles. The molecule has 0 spiro atoms. The van der Waals surface area contributed by atoms with Crippen LogP contribution in [-0.2, 0) is 4.79 Å². The summed E-state index contributed by atoms with van der Waals surface area (Å²) in [6.07, 6.45) is 1.53. The Hall–Kier alpha value is -2.28. The van der Waals surface area contributed by atoms with Crippen LogP contribution >= 0.6 is 0 Å². The largest absolute Gasteiger partial charge is 0.330 e. The molecule has 1 amide bonds. The van der Waals surface area contributed by atoms with E-state index < -0.39 is 0 Å². The van der Waals surface area contributed by atoms with E-state index in [1.807, 2.05) is 39.0 Å². The average Bonchev–Trinajstić information content (AvgIpc) is 2.92. The monoisotopic (exact) mass is 288 g/mol. The molecule has 0 radical (unpaired) electrons. The third-order valence-electron chi connectivity index (χ3n) is 3.46. The van der Waals surface area contributed by atoms with E-state index in [4.69, 9.17) is 5.73 Å². The van der Waals surface area contributed by atoms with Gasteiger partial charge in [-0.25, -0.2) is 4.68 Å². The topological polar surface area (TPSA) is 98.7 Å². The molecule has 7 heteroatoms. The molecule has 0 aliphatic heterocycles. The summed E-state index contributed by atoms with van der Waals surface area (Å²) in [4.78, 5) is 12.2. The minimum Gasteiger partial charge on any atom is -0.330 e. The number of nitrogens with two attached hydrogens (primary N) is 1. The van der Waals surface area contributed by atoms with E-state index >= 15 is 0 Å². The predicted molar refractivity (Wildman–Crippen MR) is 79.9 cm³/mol. The number of hydrogen-bond donors (Lipinski definition) is 2. The van der Waals surface area contributed by atoms with Crippen LogP contribution in [0.1, 0.15) is 19.4 Å². The number of amides is 1. The highest BCUT2D eigenvalue weighted by atomic mass is 16.1. The summed E-state index contributed by atoms with van der Waals surface area (Å²) in [6, 6.07) is 5.59. The predicted octanol–water partition coefficient (Wildman–Crippen LogP) is 1.14. The van der Waals surface area contributed by atoms with Gasteiger partial charge in [-0.05, 0) is 47.0 Å². The summed E-state index contributed by atoms with van der Waals surface area (Å²) in [5.41, 5.74) is 8.24. The smallest absolute Gasteiger partial charge is 0.229 e. The summed E-state index contributed by atoms with van der Waals surface area (Å²) in [7, 11) is 0. The number of aryl methyl sites for hydroxylation is 1. The van der Waals surface area contributed by atoms with Crippen molar-refractivity contribution in [2.45, 2.75) is 20.8 Å². The second-order valence-corrected chi connectivity index (χ2v) is 5.33. The molecule has 1 unspecified atom stereocenters. The van der Waals surface area contributed by atoms with Crippen LogP contribution in [0.15, 0.2) is 24.5 Å². The molecule has 2 aromatic rings. The van der Waals surface area contributed by atoms with Gasteiger partial charge in [0, 0.05) is 12.2 Å². The van der Waals surface area contributed by atoms with Gasteiger partial charge in [0.1, 0.15) is 6.33 Å². The Morgan fingerprint density at radius 3 is 2.71 bits per heavy atom. The number of hydrogen-bond acceptors (Lipinski definition) is 5. The van der Waals surface area contributed by atoms with Crippen LogP contribution in [0.5, 0.6) is 0 Å². The fourth-order valence-electron chi connectivity index (χ4n) is 2.18. The first-order valence-electron chi connectivity index (χ1n) is 6.88. The van der Waals surface area contributed by atoms with E-state index in [-0.39, 0.29) is 17.7 Å². The molecule has 0 fully saturated rings. The van der Waals surface area contributed by atoms with E-state index in [0.717, 1.165) is 16.9 Å². The number of aromatic nitrogens is 4. The van der Waals surface area contributed by atoms with Gasteiger partial charge in [-0.15, -0.1) is 5.10 Å². The fourth-order valence-corrected chi connectivity index (χ4v) is 2.18. The second-order valence-electron chi connectivity index (χ2n) is 5.33. The van der Waals surface area contributed by atoms with Gasteiger partial charge < -0.3 is 11.1 Å². The van der Waals surface area contributed by atoms with Gasteiger partial charge in [0.25, 0.3) is 0 Å². The number of nitrogens with one attached hydrogen (secondary N) is 1. The normalized spacial score (nSPS) is 12.4. The van der Waals surface area contributed by atoms with Gasteiger partial charge in [-0.2, -0.15) is 0 Å². The molecule has 112 valence electrons. The van der Waals surface area contributed by atoms with E-state index in [1.165, 1.54) is 6.33 Å². The number of anilines is 1. The maximum Gasteiger partial charge on any atom is 0.229 e. The van der Waals surface area contributed by atoms with Gasteiger partial charge in [0.2, 0.25) is 5.91 Å². The average molecular weight is 288 g/mol. The van der Waals surface area contributed by atoms with Crippen molar-refractivity contribution in [2.24, 2.45) is 17.6 Å². The molecule has 0 bridgehead atoms. The zero-order valence-electron chi connectivity index (χ0n) is 12.4. The summed E-state index contributed by atoms with van der Waals surface area (Å²) in [5.74, 6) is -0.0387. The summed E-state index contributed by atoms with van der Waals surface area (Å²) >= 11 is 0. The first kappa shape index (κ1) is 15.1. The summed E-state index contributed by atoms with van der Waals surface area (Å²) < 4.78 is 1.58. The first-order valence-corrected chi connectivity index (χ1v) is 6.88. The highest BCUT2D eigenvalue weighted by molar-refractivity contribution is 5.93. The van der Waals surface area contributed by atoms with E-state index in [0.29, 0.717) is 6.54 Å². The van der Waals surface area contributed by atoms with Crippen molar-refractivity contribution >= 4 is 11.6 Å². The van der Waals surface area contributed by atoms with Crippen molar-refractivity contribution in [1.29, 1.82) is 0 Å². The number of nitrogens with zero attached hydrogens (tertiary/aromatic N) is 4. The standard InChI is InChI=1S/C14H20N6O/c1-9(2)12(7-15)14(21)17-11-4-5-13(10(3)6-11)20-8-16-18-19-20/h4-6,8-9,12H,7,15H2,1-3H3,(H,17,21). The van der Waals surface area contributed by atoms with Crippen molar-refractivity contribution < 1.29 is 4.79 Å². The minimum atomic E-state index is -0.190. The van der Waals surface area contributed by atoms with Crippen LogP contribution in [0.25, 0.3) is 5.69 Å². The lowest BCUT2D eigenvalue weighted by molar-refractivity contribution is -0.120. The molecule has 7 nitrogen and oxygen atoms in total. The molecule has 3 N–H and O–H groups in total. The van der Waals surface area contributed by atoms with Gasteiger partial charge in [-0.1, -0.05) is 13.8 Å². The van der Waals surface area contributed by atoms with E-state index in [1.54, 1.807) is 4.68 Å². The Kier molecular flexibility index (Phi) is 4.64. The van der Waals surface area contributed by atoms with Gasteiger partial charge in [0.15, 0.2) is 0 Å². The molecule has 1 heterocycles. The lowest BCUT2D eigenvalue weighted by Crippen LogP contribution is -2.33. The van der Waals surface area contributed by atoms with Crippen LogP contribution in [0.4, 0.5) is 5.69 Å². The molecule has 0 saturated heterocycles. The Labute approximate surface area is 123 Å². The zero-order valence-corrected chi connectivity index (χ0v) is 12.4. The fraction of sp³-hybridized carbons (Fsp3) is 0.429. The Morgan fingerprint density at radius 2 is 2.19 bits per heavy atom. The minimum absolute atomic E-state index is 0.0536. The van der Waals surface area contributed by atoms with Crippen LogP contribution in [-0.4, -0.2) is 32.7 Å². The first-order chi connectivity index (χ1) is 10.0. The zero-order chi connectivity index (χ0) is 15.4. The quantitative estimate of drug-likeness (QED) is 0.859. The highest BCUT2D eigenvalue weighted by Crippen LogP contribution is 2.19.